The first kappa shape index (κ1) is 24.3. The highest BCUT2D eigenvalue weighted by Crippen LogP contribution is 2.14. The van der Waals surface area contributed by atoms with E-state index in [2.05, 4.69) is 9.47 Å². The minimum absolute atomic E-state index is 0.121. The highest BCUT2D eigenvalue weighted by Gasteiger charge is 2.29. The minimum Gasteiger partial charge on any atom is -0.469 e. The molecule has 1 unspecified atom stereocenters. The van der Waals surface area contributed by atoms with Gasteiger partial charge in [0.05, 0.1) is 14.2 Å². The average molecular weight is 373 g/mol. The van der Waals surface area contributed by atoms with Crippen LogP contribution in [0.25, 0.3) is 0 Å². The van der Waals surface area contributed by atoms with Gasteiger partial charge in [-0.05, 0) is 12.8 Å². The van der Waals surface area contributed by atoms with Crippen molar-refractivity contribution < 1.29 is 24.0 Å². The predicted molar refractivity (Wildman–Crippen MR) is 99.5 cm³/mol. The number of hydrogen-bond donors (Lipinski definition) is 0. The van der Waals surface area contributed by atoms with Gasteiger partial charge in [0.2, 0.25) is 0 Å². The second-order valence-corrected chi connectivity index (χ2v) is 6.68. The Morgan fingerprint density at radius 1 is 0.769 bits per heavy atom. The molecule has 0 spiro atoms. The van der Waals surface area contributed by atoms with Crippen molar-refractivity contribution in [2.45, 2.75) is 95.9 Å². The molecule has 1 atom stereocenters. The molecule has 0 saturated heterocycles. The van der Waals surface area contributed by atoms with Crippen molar-refractivity contribution in [2.24, 2.45) is 0 Å². The third-order valence-electron chi connectivity index (χ3n) is 4.56. The molecule has 0 N–H and O–H groups in total. The van der Waals surface area contributed by atoms with Gasteiger partial charge < -0.3 is 9.47 Å². The van der Waals surface area contributed by atoms with Crippen LogP contribution in [0, 0.1) is 10.1 Å². The summed E-state index contributed by atoms with van der Waals surface area (Å²) >= 11 is 0. The van der Waals surface area contributed by atoms with Crippen LogP contribution < -0.4 is 0 Å². The van der Waals surface area contributed by atoms with Crippen LogP contribution in [0.2, 0.25) is 0 Å². The number of ether oxygens (including phenoxy) is 2. The number of nitrogens with zero attached hydrogens (tertiary/aromatic N) is 1. The summed E-state index contributed by atoms with van der Waals surface area (Å²) in [4.78, 5) is 32.4. The Kier molecular flexibility index (Phi) is 15.7. The maximum absolute atomic E-state index is 11.3. The van der Waals surface area contributed by atoms with Crippen LogP contribution in [0.15, 0.2) is 0 Å². The molecule has 0 amide bonds. The van der Waals surface area contributed by atoms with Crippen molar-refractivity contribution in [3.05, 3.63) is 10.1 Å². The Hall–Kier alpha value is -1.66. The molecule has 0 rings (SSSR count). The lowest BCUT2D eigenvalue weighted by Gasteiger charge is -2.07. The van der Waals surface area contributed by atoms with E-state index in [4.69, 9.17) is 0 Å². The maximum atomic E-state index is 11.3. The van der Waals surface area contributed by atoms with Gasteiger partial charge in [0.25, 0.3) is 0 Å². The fourth-order valence-electron chi connectivity index (χ4n) is 2.92. The summed E-state index contributed by atoms with van der Waals surface area (Å²) < 4.78 is 9.06. The van der Waals surface area contributed by atoms with E-state index < -0.39 is 16.9 Å². The van der Waals surface area contributed by atoms with Gasteiger partial charge in [-0.15, -0.1) is 0 Å². The molecule has 0 aliphatic heterocycles. The van der Waals surface area contributed by atoms with Crippen molar-refractivity contribution in [2.75, 3.05) is 14.2 Å². The third-order valence-corrected chi connectivity index (χ3v) is 4.56. The van der Waals surface area contributed by atoms with Gasteiger partial charge in [-0.3, -0.25) is 14.9 Å². The Bertz CT molecular complexity index is 399. The number of hydrogen-bond acceptors (Lipinski definition) is 6. The Balaban J connectivity index is 3.35. The fraction of sp³-hybridized carbons (Fsp3) is 0.895. The fourth-order valence-corrected chi connectivity index (χ4v) is 2.92. The quantitative estimate of drug-likeness (QED) is 0.162. The molecular weight excluding hydrogens is 338 g/mol. The van der Waals surface area contributed by atoms with E-state index in [1.54, 1.807) is 0 Å². The number of carbonyl (C=O) groups is 2. The molecule has 0 aromatic heterocycles. The second-order valence-electron chi connectivity index (χ2n) is 6.68. The number of esters is 2. The summed E-state index contributed by atoms with van der Waals surface area (Å²) in [5.41, 5.74) is 0. The Labute approximate surface area is 157 Å². The highest BCUT2D eigenvalue weighted by atomic mass is 16.6. The molecule has 0 saturated carbocycles. The maximum Gasteiger partial charge on any atom is 0.381 e. The molecule has 7 nitrogen and oxygen atoms in total. The Morgan fingerprint density at radius 3 is 1.58 bits per heavy atom. The number of methoxy groups -OCH3 is 2. The molecule has 0 aliphatic carbocycles. The zero-order valence-electron chi connectivity index (χ0n) is 16.4. The lowest BCUT2D eigenvalue weighted by atomic mass is 10.0. The van der Waals surface area contributed by atoms with E-state index in [1.165, 1.54) is 52.7 Å². The second kappa shape index (κ2) is 16.8. The lowest BCUT2D eigenvalue weighted by molar-refractivity contribution is -0.511. The van der Waals surface area contributed by atoms with E-state index in [-0.39, 0.29) is 12.4 Å². The third kappa shape index (κ3) is 13.6. The summed E-state index contributed by atoms with van der Waals surface area (Å²) in [6.45, 7) is 0. The van der Waals surface area contributed by atoms with Gasteiger partial charge >= 0.3 is 18.0 Å². The van der Waals surface area contributed by atoms with Crippen molar-refractivity contribution in [1.29, 1.82) is 0 Å². The molecular formula is C19H35NO6. The summed E-state index contributed by atoms with van der Waals surface area (Å²) in [5.74, 6) is -0.871. The van der Waals surface area contributed by atoms with E-state index in [9.17, 15) is 19.7 Å². The number of rotatable bonds is 17. The van der Waals surface area contributed by atoms with Crippen LogP contribution in [-0.2, 0) is 19.1 Å². The molecule has 0 fully saturated rings. The van der Waals surface area contributed by atoms with Gasteiger partial charge in [-0.1, -0.05) is 64.2 Å². The molecule has 0 heterocycles. The Morgan fingerprint density at radius 2 is 1.19 bits per heavy atom. The van der Waals surface area contributed by atoms with Crippen LogP contribution in [-0.4, -0.2) is 37.1 Å². The molecule has 0 aromatic carbocycles. The van der Waals surface area contributed by atoms with Gasteiger partial charge in [0, 0.05) is 17.8 Å². The molecule has 0 radical (unpaired) electrons. The van der Waals surface area contributed by atoms with Crippen molar-refractivity contribution in [3.63, 3.8) is 0 Å². The molecule has 152 valence electrons. The number of unbranched alkanes of at least 4 members (excludes halogenated alkanes) is 11. The topological polar surface area (TPSA) is 95.7 Å². The van der Waals surface area contributed by atoms with E-state index in [0.29, 0.717) is 12.8 Å². The first-order valence-electron chi connectivity index (χ1n) is 9.81. The van der Waals surface area contributed by atoms with Gasteiger partial charge in [0.15, 0.2) is 0 Å². The van der Waals surface area contributed by atoms with E-state index >= 15 is 0 Å². The normalized spacial score (nSPS) is 11.8. The zero-order valence-corrected chi connectivity index (χ0v) is 16.4. The molecule has 26 heavy (non-hydrogen) atoms. The van der Waals surface area contributed by atoms with Crippen molar-refractivity contribution >= 4 is 11.9 Å². The van der Waals surface area contributed by atoms with Crippen LogP contribution in [0.5, 0.6) is 0 Å². The zero-order chi connectivity index (χ0) is 19.6. The van der Waals surface area contributed by atoms with Crippen LogP contribution in [0.4, 0.5) is 0 Å². The van der Waals surface area contributed by atoms with Gasteiger partial charge in [0.1, 0.15) is 0 Å². The molecule has 0 aliphatic rings. The van der Waals surface area contributed by atoms with Crippen LogP contribution in [0.1, 0.15) is 89.9 Å². The summed E-state index contributed by atoms with van der Waals surface area (Å²) in [7, 11) is 2.61. The van der Waals surface area contributed by atoms with Crippen LogP contribution >= 0.6 is 0 Å². The predicted octanol–water partition coefficient (Wildman–Crippen LogP) is 4.44. The SMILES string of the molecule is COC(=O)CCCCCCCCCCCCCCC(C(=O)OC)[N+](=O)[O-]. The molecule has 7 heteroatoms. The van der Waals surface area contributed by atoms with Crippen molar-refractivity contribution in [3.8, 4) is 0 Å². The van der Waals surface area contributed by atoms with Gasteiger partial charge in [-0.2, -0.15) is 0 Å². The number of nitro groups is 1. The van der Waals surface area contributed by atoms with E-state index in [0.717, 1.165) is 32.1 Å². The first-order valence-corrected chi connectivity index (χ1v) is 9.81. The standard InChI is InChI=1S/C19H35NO6/c1-25-18(21)16-14-12-10-8-6-4-3-5-7-9-11-13-15-17(20(23)24)19(22)26-2/h17H,3-16H2,1-2H3. The molecule has 0 bridgehead atoms. The summed E-state index contributed by atoms with van der Waals surface area (Å²) in [5, 5.41) is 10.8. The monoisotopic (exact) mass is 373 g/mol. The largest absolute Gasteiger partial charge is 0.469 e. The minimum atomic E-state index is -1.22. The summed E-state index contributed by atoms with van der Waals surface area (Å²) in [6.07, 6.45) is 13.9. The van der Waals surface area contributed by atoms with Crippen molar-refractivity contribution in [1.82, 2.24) is 0 Å². The number of carbonyl (C=O) groups excluding carboxylic acids is 2. The molecule has 0 aromatic rings. The summed E-state index contributed by atoms with van der Waals surface area (Å²) in [6, 6.07) is -1.22. The van der Waals surface area contributed by atoms with Crippen LogP contribution in [0.3, 0.4) is 0 Å². The van der Waals surface area contributed by atoms with Gasteiger partial charge in [-0.25, -0.2) is 4.79 Å². The smallest absolute Gasteiger partial charge is 0.381 e. The highest BCUT2D eigenvalue weighted by molar-refractivity contribution is 5.74. The van der Waals surface area contributed by atoms with E-state index in [1.807, 2.05) is 0 Å². The average Bonchev–Trinajstić information content (AvgIpc) is 2.63. The first-order chi connectivity index (χ1) is 12.5. The lowest BCUT2D eigenvalue weighted by Crippen LogP contribution is -2.30.